The number of benzene rings is 2. The third-order valence-electron chi connectivity index (χ3n) is 6.91. The molecule has 0 radical (unpaired) electrons. The lowest BCUT2D eigenvalue weighted by molar-refractivity contribution is -0.137. The number of rotatable bonds is 4. The van der Waals surface area contributed by atoms with E-state index in [4.69, 9.17) is 16.3 Å². The van der Waals surface area contributed by atoms with Crippen molar-refractivity contribution >= 4 is 46.0 Å². The third kappa shape index (κ3) is 5.01. The van der Waals surface area contributed by atoms with Gasteiger partial charge in [0.05, 0.1) is 28.8 Å². The van der Waals surface area contributed by atoms with E-state index in [0.717, 1.165) is 30.0 Å². The lowest BCUT2D eigenvalue weighted by Gasteiger charge is -2.35. The van der Waals surface area contributed by atoms with Crippen LogP contribution in [0, 0.1) is 5.82 Å². The van der Waals surface area contributed by atoms with Crippen LogP contribution in [0.1, 0.15) is 5.56 Å². The minimum Gasteiger partial charge on any atom is -0.379 e. The summed E-state index contributed by atoms with van der Waals surface area (Å²) in [5.41, 5.74) is -1.41. The summed E-state index contributed by atoms with van der Waals surface area (Å²) < 4.78 is 64.8. The van der Waals surface area contributed by atoms with Crippen LogP contribution in [0.5, 0.6) is 0 Å². The molecular weight excluding hydrogens is 560 g/mol. The van der Waals surface area contributed by atoms with Gasteiger partial charge in [-0.3, -0.25) is 9.36 Å². The van der Waals surface area contributed by atoms with E-state index in [9.17, 15) is 27.2 Å². The maximum Gasteiger partial charge on any atom is 0.417 e. The number of hydrogen-bond donors (Lipinski definition) is 0. The van der Waals surface area contributed by atoms with Crippen LogP contribution >= 0.6 is 23.4 Å². The topological polar surface area (TPSA) is 67.7 Å². The van der Waals surface area contributed by atoms with Crippen LogP contribution in [0.25, 0.3) is 22.0 Å². The molecule has 2 aromatic carbocycles. The van der Waals surface area contributed by atoms with Gasteiger partial charge in [-0.2, -0.15) is 18.2 Å². The summed E-state index contributed by atoms with van der Waals surface area (Å²) in [7, 11) is 1.47. The lowest BCUT2D eigenvalue weighted by Crippen LogP contribution is -2.49. The SMILES string of the molecule is C=CC(=O)N1CCN(c2nc(=O)n3c4c(c(-c5ccc(F)c(Cl)c5)c(C(F)(F)F)cc24)SC[C@@H](OC)C3)CC1. The van der Waals surface area contributed by atoms with E-state index in [-0.39, 0.29) is 63.5 Å². The lowest BCUT2D eigenvalue weighted by atomic mass is 9.96. The summed E-state index contributed by atoms with van der Waals surface area (Å²) in [4.78, 5) is 33.1. The molecule has 0 spiro atoms. The molecule has 0 unspecified atom stereocenters. The minimum absolute atomic E-state index is 0.0721. The second kappa shape index (κ2) is 10.5. The van der Waals surface area contributed by atoms with Gasteiger partial charge >= 0.3 is 11.9 Å². The van der Waals surface area contributed by atoms with Gasteiger partial charge in [0.2, 0.25) is 5.91 Å². The zero-order valence-electron chi connectivity index (χ0n) is 20.7. The highest BCUT2D eigenvalue weighted by molar-refractivity contribution is 7.99. The zero-order valence-corrected chi connectivity index (χ0v) is 22.3. The number of anilines is 1. The summed E-state index contributed by atoms with van der Waals surface area (Å²) in [6, 6.07) is 4.42. The summed E-state index contributed by atoms with van der Waals surface area (Å²) in [6.45, 7) is 4.71. The molecule has 2 aliphatic heterocycles. The molecule has 1 amide bonds. The standard InChI is InChI=1S/C26H23ClF4N4O3S/c1-3-20(36)33-6-8-34(9-7-33)24-16-11-17(26(29,30)31)21(14-4-5-19(28)18(27)10-14)23-22(16)35(25(37)32-24)12-15(38-2)13-39-23/h3-5,10-11,15H,1,6-9,12-13H2,2H3/t15-/m0/s1. The fourth-order valence-corrected chi connectivity index (χ4v) is 6.45. The van der Waals surface area contributed by atoms with Gasteiger partial charge in [0.1, 0.15) is 11.6 Å². The van der Waals surface area contributed by atoms with E-state index in [1.54, 1.807) is 9.80 Å². The number of nitrogens with zero attached hydrogens (tertiary/aromatic N) is 4. The van der Waals surface area contributed by atoms with Gasteiger partial charge < -0.3 is 14.5 Å². The molecule has 2 aliphatic rings. The Labute approximate surface area is 230 Å². The second-order valence-corrected chi connectivity index (χ2v) is 10.6. The number of hydrogen-bond acceptors (Lipinski definition) is 6. The number of methoxy groups -OCH3 is 1. The number of ether oxygens (including phenoxy) is 1. The average Bonchev–Trinajstić information content (AvgIpc) is 3.12. The molecule has 206 valence electrons. The first-order chi connectivity index (χ1) is 18.5. The van der Waals surface area contributed by atoms with Gasteiger partial charge in [0.25, 0.3) is 0 Å². The maximum atomic E-state index is 14.7. The van der Waals surface area contributed by atoms with Crippen LogP contribution in [0.15, 0.2) is 46.6 Å². The molecule has 0 aliphatic carbocycles. The van der Waals surface area contributed by atoms with E-state index < -0.39 is 29.4 Å². The van der Waals surface area contributed by atoms with Crippen molar-refractivity contribution in [2.45, 2.75) is 23.7 Å². The van der Waals surface area contributed by atoms with E-state index in [2.05, 4.69) is 11.6 Å². The van der Waals surface area contributed by atoms with Crippen molar-refractivity contribution in [2.24, 2.45) is 0 Å². The molecular formula is C26H23ClF4N4O3S. The highest BCUT2D eigenvalue weighted by atomic mass is 35.5. The second-order valence-electron chi connectivity index (χ2n) is 9.16. The van der Waals surface area contributed by atoms with Crippen molar-refractivity contribution in [3.63, 3.8) is 0 Å². The van der Waals surface area contributed by atoms with Gasteiger partial charge in [-0.25, -0.2) is 9.18 Å². The molecule has 1 saturated heterocycles. The van der Waals surface area contributed by atoms with E-state index in [1.165, 1.54) is 23.8 Å². The largest absolute Gasteiger partial charge is 0.417 e. The molecule has 7 nitrogen and oxygen atoms in total. The highest BCUT2D eigenvalue weighted by Crippen LogP contribution is 2.48. The molecule has 1 aromatic heterocycles. The first-order valence-electron chi connectivity index (χ1n) is 12.0. The predicted molar refractivity (Wildman–Crippen MR) is 142 cm³/mol. The molecule has 0 saturated carbocycles. The number of piperazine rings is 1. The predicted octanol–water partition coefficient (Wildman–Crippen LogP) is 4.83. The normalized spacial score (nSPS) is 17.8. The Kier molecular flexibility index (Phi) is 7.38. The van der Waals surface area contributed by atoms with Crippen LogP contribution < -0.4 is 10.6 Å². The minimum atomic E-state index is -4.79. The summed E-state index contributed by atoms with van der Waals surface area (Å²) in [5, 5.41) is -0.164. The maximum absolute atomic E-state index is 14.7. The fraction of sp³-hybridized carbons (Fsp3) is 0.346. The number of thioether (sulfide) groups is 1. The van der Waals surface area contributed by atoms with E-state index >= 15 is 0 Å². The zero-order chi connectivity index (χ0) is 28.1. The molecule has 1 atom stereocenters. The molecule has 13 heteroatoms. The van der Waals surface area contributed by atoms with Crippen LogP contribution in [-0.2, 0) is 22.3 Å². The molecule has 0 bridgehead atoms. The van der Waals surface area contributed by atoms with Gasteiger partial charge in [0.15, 0.2) is 0 Å². The van der Waals surface area contributed by atoms with Gasteiger partial charge in [-0.15, -0.1) is 11.8 Å². The van der Waals surface area contributed by atoms with Crippen molar-refractivity contribution in [3.05, 3.63) is 63.8 Å². The van der Waals surface area contributed by atoms with Gasteiger partial charge in [-0.1, -0.05) is 24.2 Å². The van der Waals surface area contributed by atoms with Gasteiger partial charge in [0, 0.05) is 54.9 Å². The summed E-state index contributed by atoms with van der Waals surface area (Å²) in [5.74, 6) is -0.623. The van der Waals surface area contributed by atoms with Crippen LogP contribution in [0.3, 0.4) is 0 Å². The van der Waals surface area contributed by atoms with Crippen molar-refractivity contribution in [1.82, 2.24) is 14.5 Å². The smallest absolute Gasteiger partial charge is 0.379 e. The van der Waals surface area contributed by atoms with Crippen LogP contribution in [0.4, 0.5) is 23.4 Å². The third-order valence-corrected chi connectivity index (χ3v) is 8.43. The number of halogens is 5. The number of alkyl halides is 3. The van der Waals surface area contributed by atoms with Crippen molar-refractivity contribution < 1.29 is 27.1 Å². The fourth-order valence-electron chi connectivity index (χ4n) is 4.95. The molecule has 0 N–H and O–H groups in total. The van der Waals surface area contributed by atoms with Crippen LogP contribution in [0.2, 0.25) is 5.02 Å². The molecule has 3 heterocycles. The van der Waals surface area contributed by atoms with Crippen molar-refractivity contribution in [3.8, 4) is 11.1 Å². The Bertz CT molecular complexity index is 1540. The highest BCUT2D eigenvalue weighted by Gasteiger charge is 2.38. The van der Waals surface area contributed by atoms with Crippen LogP contribution in [-0.4, -0.2) is 65.5 Å². The van der Waals surface area contributed by atoms with Crippen molar-refractivity contribution in [1.29, 1.82) is 0 Å². The number of carbonyl (C=O) groups is 1. The van der Waals surface area contributed by atoms with E-state index in [1.807, 2.05) is 0 Å². The number of carbonyl (C=O) groups excluding carboxylic acids is 1. The number of aromatic nitrogens is 2. The molecule has 39 heavy (non-hydrogen) atoms. The Morgan fingerprint density at radius 2 is 1.95 bits per heavy atom. The quantitative estimate of drug-likeness (QED) is 0.324. The Morgan fingerprint density at radius 1 is 1.23 bits per heavy atom. The Morgan fingerprint density at radius 3 is 2.56 bits per heavy atom. The Balaban J connectivity index is 1.80. The molecule has 5 rings (SSSR count). The Hall–Kier alpha value is -3.09. The first kappa shape index (κ1) is 27.5. The van der Waals surface area contributed by atoms with Crippen molar-refractivity contribution in [2.75, 3.05) is 43.9 Å². The van der Waals surface area contributed by atoms with Gasteiger partial charge in [-0.05, 0) is 29.8 Å². The summed E-state index contributed by atoms with van der Waals surface area (Å²) in [6.07, 6.45) is -4.06. The molecule has 1 fully saturated rings. The molecule has 3 aromatic rings. The van der Waals surface area contributed by atoms with E-state index in [0.29, 0.717) is 18.6 Å². The first-order valence-corrected chi connectivity index (χ1v) is 13.4. The average molecular weight is 583 g/mol. The summed E-state index contributed by atoms with van der Waals surface area (Å²) >= 11 is 7.11. The monoisotopic (exact) mass is 582 g/mol. The number of amides is 1.